The zero-order valence-corrected chi connectivity index (χ0v) is 21.1. The van der Waals surface area contributed by atoms with Crippen LogP contribution in [0.3, 0.4) is 0 Å². The minimum Gasteiger partial charge on any atom is -0.378 e. The summed E-state index contributed by atoms with van der Waals surface area (Å²) in [5.41, 5.74) is 6.86. The quantitative estimate of drug-likeness (QED) is 0.391. The molecule has 0 bridgehead atoms. The van der Waals surface area contributed by atoms with Crippen LogP contribution >= 0.6 is 0 Å². The molecule has 1 aliphatic rings. The van der Waals surface area contributed by atoms with Crippen molar-refractivity contribution in [1.82, 2.24) is 15.1 Å². The van der Waals surface area contributed by atoms with Crippen LogP contribution in [-0.4, -0.2) is 35.7 Å². The van der Waals surface area contributed by atoms with E-state index in [0.29, 0.717) is 11.1 Å². The van der Waals surface area contributed by atoms with Gasteiger partial charge in [0.15, 0.2) is 0 Å². The standard InChI is InChI=1S/C30H29N5O2/c1-20-17-28-23(18-27(20)33-30(37)22-9-13-25(14-10-22)34(2)3)19-31-35(28)26-15-11-24(12-16-26)32-29(36)21-7-5-4-6-8-21/h4-16,18-20H,17H2,1-3H3,(H,32,36)(H,33,37). The molecular weight excluding hydrogens is 462 g/mol. The SMILES string of the molecule is CC1Cc2c(cnn2-c2ccc(NC(=O)c3ccccc3)cc2)C=C1NC(=O)c1ccc(N(C)C)cc1. The third kappa shape index (κ3) is 5.16. The molecule has 1 unspecified atom stereocenters. The van der Waals surface area contributed by atoms with Gasteiger partial charge in [-0.15, -0.1) is 0 Å². The average Bonchev–Trinajstić information content (AvgIpc) is 3.32. The molecule has 0 fully saturated rings. The van der Waals surface area contributed by atoms with Crippen molar-refractivity contribution in [3.05, 3.63) is 113 Å². The van der Waals surface area contributed by atoms with Crippen molar-refractivity contribution in [3.8, 4) is 5.69 Å². The molecule has 0 aliphatic heterocycles. The first-order chi connectivity index (χ1) is 17.9. The van der Waals surface area contributed by atoms with Gasteiger partial charge < -0.3 is 15.5 Å². The van der Waals surface area contributed by atoms with Crippen molar-refractivity contribution in [3.63, 3.8) is 0 Å². The van der Waals surface area contributed by atoms with Gasteiger partial charge in [-0.1, -0.05) is 25.1 Å². The Bertz CT molecular complexity index is 1450. The van der Waals surface area contributed by atoms with Crippen molar-refractivity contribution >= 4 is 29.3 Å². The largest absolute Gasteiger partial charge is 0.378 e. The van der Waals surface area contributed by atoms with Crippen LogP contribution in [0.5, 0.6) is 0 Å². The number of anilines is 2. The van der Waals surface area contributed by atoms with Gasteiger partial charge >= 0.3 is 0 Å². The maximum Gasteiger partial charge on any atom is 0.255 e. The molecule has 37 heavy (non-hydrogen) atoms. The minimum absolute atomic E-state index is 0.118. The van der Waals surface area contributed by atoms with Gasteiger partial charge in [0.05, 0.1) is 17.6 Å². The van der Waals surface area contributed by atoms with E-state index in [1.165, 1.54) is 0 Å². The first-order valence-electron chi connectivity index (χ1n) is 12.2. The zero-order valence-electron chi connectivity index (χ0n) is 21.1. The third-order valence-electron chi connectivity index (χ3n) is 6.55. The number of carbonyl (C=O) groups excluding carboxylic acids is 2. The normalized spacial score (nSPS) is 14.4. The van der Waals surface area contributed by atoms with Gasteiger partial charge in [0.25, 0.3) is 11.8 Å². The van der Waals surface area contributed by atoms with Crippen LogP contribution in [0.2, 0.25) is 0 Å². The van der Waals surface area contributed by atoms with Crippen LogP contribution < -0.4 is 15.5 Å². The Morgan fingerprint density at radius 2 is 1.51 bits per heavy atom. The number of carbonyl (C=O) groups is 2. The molecule has 2 amide bonds. The highest BCUT2D eigenvalue weighted by molar-refractivity contribution is 6.04. The van der Waals surface area contributed by atoms with E-state index in [-0.39, 0.29) is 17.7 Å². The summed E-state index contributed by atoms with van der Waals surface area (Å²) in [6.07, 6.45) is 4.57. The molecule has 0 spiro atoms. The molecule has 3 aromatic carbocycles. The lowest BCUT2D eigenvalue weighted by Crippen LogP contribution is -2.29. The Morgan fingerprint density at radius 1 is 0.865 bits per heavy atom. The lowest BCUT2D eigenvalue weighted by molar-refractivity contribution is 0.0961. The fraction of sp³-hybridized carbons (Fsp3) is 0.167. The Morgan fingerprint density at radius 3 is 2.19 bits per heavy atom. The summed E-state index contributed by atoms with van der Waals surface area (Å²) in [5, 5.41) is 10.6. The molecular formula is C30H29N5O2. The third-order valence-corrected chi connectivity index (χ3v) is 6.55. The van der Waals surface area contributed by atoms with Gasteiger partial charge in [-0.3, -0.25) is 9.59 Å². The Labute approximate surface area is 216 Å². The van der Waals surface area contributed by atoms with E-state index < -0.39 is 0 Å². The zero-order chi connectivity index (χ0) is 25.9. The summed E-state index contributed by atoms with van der Waals surface area (Å²) < 4.78 is 1.92. The fourth-order valence-electron chi connectivity index (χ4n) is 4.40. The van der Waals surface area contributed by atoms with Gasteiger partial charge in [0.1, 0.15) is 0 Å². The van der Waals surface area contributed by atoms with Crippen LogP contribution in [0.1, 0.15) is 38.9 Å². The van der Waals surface area contributed by atoms with Gasteiger partial charge in [-0.05, 0) is 73.2 Å². The molecule has 0 saturated heterocycles. The lowest BCUT2D eigenvalue weighted by Gasteiger charge is -2.23. The monoisotopic (exact) mass is 491 g/mol. The average molecular weight is 492 g/mol. The van der Waals surface area contributed by atoms with E-state index in [9.17, 15) is 9.59 Å². The second-order valence-corrected chi connectivity index (χ2v) is 9.43. The number of benzene rings is 3. The molecule has 5 rings (SSSR count). The van der Waals surface area contributed by atoms with Crippen molar-refractivity contribution in [2.75, 3.05) is 24.3 Å². The number of fused-ring (bicyclic) bond motifs is 1. The number of aromatic nitrogens is 2. The Kier molecular flexibility index (Phi) is 6.60. The second-order valence-electron chi connectivity index (χ2n) is 9.43. The predicted molar refractivity (Wildman–Crippen MR) is 147 cm³/mol. The molecule has 4 aromatic rings. The molecule has 0 radical (unpaired) electrons. The van der Waals surface area contributed by atoms with Crippen LogP contribution in [0.15, 0.2) is 90.8 Å². The number of nitrogens with one attached hydrogen (secondary N) is 2. The van der Waals surface area contributed by atoms with E-state index in [1.807, 2.05) is 103 Å². The highest BCUT2D eigenvalue weighted by Crippen LogP contribution is 2.29. The fourth-order valence-corrected chi connectivity index (χ4v) is 4.40. The second kappa shape index (κ2) is 10.1. The summed E-state index contributed by atoms with van der Waals surface area (Å²) >= 11 is 0. The molecule has 186 valence electrons. The number of amides is 2. The van der Waals surface area contributed by atoms with Gasteiger partial charge in [-0.2, -0.15) is 5.10 Å². The lowest BCUT2D eigenvalue weighted by atomic mass is 9.92. The number of hydrogen-bond donors (Lipinski definition) is 2. The number of nitrogens with zero attached hydrogens (tertiary/aromatic N) is 3. The smallest absolute Gasteiger partial charge is 0.255 e. The first kappa shape index (κ1) is 24.1. The topological polar surface area (TPSA) is 79.3 Å². The Balaban J connectivity index is 1.30. The molecule has 1 heterocycles. The van der Waals surface area contributed by atoms with E-state index in [2.05, 4.69) is 22.7 Å². The Hall–Kier alpha value is -4.65. The van der Waals surface area contributed by atoms with Crippen molar-refractivity contribution in [2.45, 2.75) is 13.3 Å². The number of rotatable bonds is 6. The molecule has 7 nitrogen and oxygen atoms in total. The van der Waals surface area contributed by atoms with Gasteiger partial charge in [0.2, 0.25) is 0 Å². The summed E-state index contributed by atoms with van der Waals surface area (Å²) in [6, 6.07) is 24.3. The van der Waals surface area contributed by atoms with Crippen molar-refractivity contribution in [1.29, 1.82) is 0 Å². The molecule has 7 heteroatoms. The van der Waals surface area contributed by atoms with E-state index in [4.69, 9.17) is 0 Å². The van der Waals surface area contributed by atoms with Crippen molar-refractivity contribution < 1.29 is 9.59 Å². The van der Waals surface area contributed by atoms with Crippen LogP contribution in [0.25, 0.3) is 11.8 Å². The molecule has 2 N–H and O–H groups in total. The van der Waals surface area contributed by atoms with Crippen molar-refractivity contribution in [2.24, 2.45) is 5.92 Å². The van der Waals surface area contributed by atoms with E-state index >= 15 is 0 Å². The summed E-state index contributed by atoms with van der Waals surface area (Å²) in [4.78, 5) is 27.3. The first-order valence-corrected chi connectivity index (χ1v) is 12.2. The van der Waals surface area contributed by atoms with Gasteiger partial charge in [0, 0.05) is 53.8 Å². The van der Waals surface area contributed by atoms with Gasteiger partial charge in [-0.25, -0.2) is 4.68 Å². The maximum absolute atomic E-state index is 12.9. The highest BCUT2D eigenvalue weighted by atomic mass is 16.2. The van der Waals surface area contributed by atoms with Crippen LogP contribution in [-0.2, 0) is 6.42 Å². The molecule has 1 aliphatic carbocycles. The highest BCUT2D eigenvalue weighted by Gasteiger charge is 2.24. The van der Waals surface area contributed by atoms with Crippen LogP contribution in [0.4, 0.5) is 11.4 Å². The minimum atomic E-state index is -0.146. The predicted octanol–water partition coefficient (Wildman–Crippen LogP) is 5.15. The molecule has 1 aromatic heterocycles. The van der Waals surface area contributed by atoms with E-state index in [1.54, 1.807) is 12.1 Å². The molecule has 1 atom stereocenters. The summed E-state index contributed by atoms with van der Waals surface area (Å²) in [6.45, 7) is 2.10. The van der Waals surface area contributed by atoms with Crippen LogP contribution in [0, 0.1) is 5.92 Å². The number of allylic oxidation sites excluding steroid dienone is 1. The maximum atomic E-state index is 12.9. The summed E-state index contributed by atoms with van der Waals surface area (Å²) in [5.74, 6) is -0.142. The van der Waals surface area contributed by atoms with E-state index in [0.717, 1.165) is 40.4 Å². The number of hydrogen-bond acceptors (Lipinski definition) is 4. The summed E-state index contributed by atoms with van der Waals surface area (Å²) in [7, 11) is 3.94. The molecule has 0 saturated carbocycles.